The summed E-state index contributed by atoms with van der Waals surface area (Å²) < 4.78 is 24.6. The van der Waals surface area contributed by atoms with Gasteiger partial charge >= 0.3 is 0 Å². The van der Waals surface area contributed by atoms with Crippen molar-refractivity contribution >= 4 is 15.9 Å². The van der Waals surface area contributed by atoms with Crippen molar-refractivity contribution in [3.05, 3.63) is 0 Å². The zero-order valence-electron chi connectivity index (χ0n) is 11.8. The van der Waals surface area contributed by atoms with Gasteiger partial charge in [-0.15, -0.1) is 0 Å². The normalized spacial score (nSPS) is 22.3. The number of amides is 1. The summed E-state index contributed by atoms with van der Waals surface area (Å²) in [5, 5.41) is 0. The van der Waals surface area contributed by atoms with Crippen molar-refractivity contribution in [2.24, 2.45) is 11.7 Å². The first-order valence-electron chi connectivity index (χ1n) is 6.79. The molecule has 2 atom stereocenters. The van der Waals surface area contributed by atoms with Gasteiger partial charge in [0.2, 0.25) is 15.9 Å². The Morgan fingerprint density at radius 1 is 1.53 bits per heavy atom. The predicted molar refractivity (Wildman–Crippen MR) is 75.0 cm³/mol. The molecule has 6 nitrogen and oxygen atoms in total. The van der Waals surface area contributed by atoms with Gasteiger partial charge in [0.1, 0.15) is 0 Å². The number of sulfonamides is 1. The van der Waals surface area contributed by atoms with Crippen LogP contribution in [0.1, 0.15) is 32.6 Å². The highest BCUT2D eigenvalue weighted by atomic mass is 32.2. The lowest BCUT2D eigenvalue weighted by Gasteiger charge is -2.33. The lowest BCUT2D eigenvalue weighted by atomic mass is 9.97. The van der Waals surface area contributed by atoms with Gasteiger partial charge in [-0.2, -0.15) is 0 Å². The number of likely N-dealkylation sites (tertiary alicyclic amines) is 1. The summed E-state index contributed by atoms with van der Waals surface area (Å²) in [4.78, 5) is 13.8. The Hall–Kier alpha value is -0.660. The van der Waals surface area contributed by atoms with E-state index in [4.69, 9.17) is 5.73 Å². The zero-order chi connectivity index (χ0) is 14.5. The van der Waals surface area contributed by atoms with Crippen LogP contribution in [0.25, 0.3) is 0 Å². The van der Waals surface area contributed by atoms with E-state index in [0.717, 1.165) is 32.1 Å². The monoisotopic (exact) mass is 291 g/mol. The summed E-state index contributed by atoms with van der Waals surface area (Å²) in [6.07, 6.45) is 4.19. The van der Waals surface area contributed by atoms with E-state index in [0.29, 0.717) is 19.5 Å². The van der Waals surface area contributed by atoms with Gasteiger partial charge in [0.05, 0.1) is 6.26 Å². The van der Waals surface area contributed by atoms with E-state index in [1.165, 1.54) is 0 Å². The summed E-state index contributed by atoms with van der Waals surface area (Å²) in [7, 11) is -3.16. The van der Waals surface area contributed by atoms with Gasteiger partial charge in [-0.1, -0.05) is 6.92 Å². The Kier molecular flexibility index (Phi) is 6.22. The Labute approximate surface area is 115 Å². The molecule has 0 spiro atoms. The standard InChI is InChI=1S/C12H25N3O3S/c1-3-11(13)7-12(16)15-6-4-5-10(9-15)8-14-19(2,17)18/h10-11,14H,3-9,13H2,1-2H3. The van der Waals surface area contributed by atoms with Crippen LogP contribution in [0.3, 0.4) is 0 Å². The number of carbonyl (C=O) groups is 1. The second-order valence-electron chi connectivity index (χ2n) is 5.34. The zero-order valence-corrected chi connectivity index (χ0v) is 12.6. The number of nitrogens with zero attached hydrogens (tertiary/aromatic N) is 1. The van der Waals surface area contributed by atoms with Crippen molar-refractivity contribution in [2.75, 3.05) is 25.9 Å². The third-order valence-corrected chi connectivity index (χ3v) is 4.16. The van der Waals surface area contributed by atoms with Gasteiger partial charge in [-0.25, -0.2) is 13.1 Å². The highest BCUT2D eigenvalue weighted by Crippen LogP contribution is 2.17. The maximum atomic E-state index is 12.0. The third-order valence-electron chi connectivity index (χ3n) is 3.47. The van der Waals surface area contributed by atoms with Gasteiger partial charge in [0.15, 0.2) is 0 Å². The fraction of sp³-hybridized carbons (Fsp3) is 0.917. The predicted octanol–water partition coefficient (Wildman–Crippen LogP) is -0.0984. The number of hydrogen-bond acceptors (Lipinski definition) is 4. The summed E-state index contributed by atoms with van der Waals surface area (Å²) in [5.74, 6) is 0.281. The molecule has 1 heterocycles. The fourth-order valence-corrected chi connectivity index (χ4v) is 2.76. The molecule has 1 aliphatic rings. The molecule has 0 radical (unpaired) electrons. The van der Waals surface area contributed by atoms with Crippen molar-refractivity contribution < 1.29 is 13.2 Å². The fourth-order valence-electron chi connectivity index (χ4n) is 2.23. The molecule has 19 heavy (non-hydrogen) atoms. The number of carbonyl (C=O) groups excluding carboxylic acids is 1. The summed E-state index contributed by atoms with van der Waals surface area (Å²) in [6.45, 7) is 3.75. The minimum absolute atomic E-state index is 0.0815. The first-order chi connectivity index (χ1) is 8.81. The molecule has 0 aromatic carbocycles. The Bertz CT molecular complexity index is 397. The molecule has 1 aliphatic heterocycles. The van der Waals surface area contributed by atoms with Crippen LogP contribution in [-0.4, -0.2) is 51.2 Å². The van der Waals surface area contributed by atoms with Gasteiger partial charge in [-0.3, -0.25) is 4.79 Å². The first-order valence-corrected chi connectivity index (χ1v) is 8.69. The van der Waals surface area contributed by atoms with E-state index >= 15 is 0 Å². The highest BCUT2D eigenvalue weighted by molar-refractivity contribution is 7.88. The number of hydrogen-bond donors (Lipinski definition) is 2. The van der Waals surface area contributed by atoms with Crippen molar-refractivity contribution in [3.63, 3.8) is 0 Å². The van der Waals surface area contributed by atoms with Crippen molar-refractivity contribution in [1.29, 1.82) is 0 Å². The number of rotatable bonds is 6. The molecule has 0 aromatic rings. The molecule has 0 aromatic heterocycles. The highest BCUT2D eigenvalue weighted by Gasteiger charge is 2.24. The van der Waals surface area contributed by atoms with Crippen molar-refractivity contribution in [3.8, 4) is 0 Å². The number of nitrogens with one attached hydrogen (secondary N) is 1. The maximum Gasteiger partial charge on any atom is 0.224 e. The van der Waals surface area contributed by atoms with Gasteiger partial charge in [0, 0.05) is 32.1 Å². The molecule has 1 amide bonds. The molecule has 0 bridgehead atoms. The van der Waals surface area contributed by atoms with Crippen molar-refractivity contribution in [2.45, 2.75) is 38.6 Å². The SMILES string of the molecule is CCC(N)CC(=O)N1CCCC(CNS(C)(=O)=O)C1. The van der Waals surface area contributed by atoms with Crippen LogP contribution in [0.5, 0.6) is 0 Å². The maximum absolute atomic E-state index is 12.0. The summed E-state index contributed by atoms with van der Waals surface area (Å²) >= 11 is 0. The smallest absolute Gasteiger partial charge is 0.224 e. The van der Waals surface area contributed by atoms with E-state index in [1.54, 1.807) is 0 Å². The topological polar surface area (TPSA) is 92.5 Å². The van der Waals surface area contributed by atoms with E-state index < -0.39 is 10.0 Å². The number of piperidine rings is 1. The number of nitrogens with two attached hydrogens (primary N) is 1. The molecule has 1 saturated heterocycles. The quantitative estimate of drug-likeness (QED) is 0.715. The second kappa shape index (κ2) is 7.21. The second-order valence-corrected chi connectivity index (χ2v) is 7.17. The van der Waals surface area contributed by atoms with Crippen LogP contribution in [0.2, 0.25) is 0 Å². The molecule has 1 fully saturated rings. The van der Waals surface area contributed by atoms with Gasteiger partial charge < -0.3 is 10.6 Å². The van der Waals surface area contributed by atoms with Gasteiger partial charge in [-0.05, 0) is 25.2 Å². The van der Waals surface area contributed by atoms with Crippen LogP contribution < -0.4 is 10.5 Å². The summed E-state index contributed by atoms with van der Waals surface area (Å²) in [5.41, 5.74) is 5.79. The Morgan fingerprint density at radius 2 is 2.21 bits per heavy atom. The molecule has 7 heteroatoms. The molecule has 1 rings (SSSR count). The van der Waals surface area contributed by atoms with Crippen LogP contribution >= 0.6 is 0 Å². The van der Waals surface area contributed by atoms with Crippen LogP contribution in [0, 0.1) is 5.92 Å². The van der Waals surface area contributed by atoms with Crippen LogP contribution in [0.15, 0.2) is 0 Å². The van der Waals surface area contributed by atoms with E-state index in [1.807, 2.05) is 11.8 Å². The Morgan fingerprint density at radius 3 is 2.79 bits per heavy atom. The molecular formula is C12H25N3O3S. The lowest BCUT2D eigenvalue weighted by molar-refractivity contribution is -0.133. The van der Waals surface area contributed by atoms with Crippen molar-refractivity contribution in [1.82, 2.24) is 9.62 Å². The largest absolute Gasteiger partial charge is 0.342 e. The molecule has 0 saturated carbocycles. The third kappa shape index (κ3) is 6.35. The van der Waals surface area contributed by atoms with Crippen LogP contribution in [0.4, 0.5) is 0 Å². The Balaban J connectivity index is 2.43. The van der Waals surface area contributed by atoms with E-state index in [-0.39, 0.29) is 17.9 Å². The van der Waals surface area contributed by atoms with E-state index in [2.05, 4.69) is 4.72 Å². The minimum Gasteiger partial charge on any atom is -0.342 e. The molecule has 0 aliphatic carbocycles. The minimum atomic E-state index is -3.16. The lowest BCUT2D eigenvalue weighted by Crippen LogP contribution is -2.45. The average molecular weight is 291 g/mol. The molecule has 2 unspecified atom stereocenters. The summed E-state index contributed by atoms with van der Waals surface area (Å²) in [6, 6.07) is -0.0815. The average Bonchev–Trinajstić information content (AvgIpc) is 2.35. The first kappa shape index (κ1) is 16.4. The molecule has 112 valence electrons. The van der Waals surface area contributed by atoms with Gasteiger partial charge in [0.25, 0.3) is 0 Å². The van der Waals surface area contributed by atoms with Crippen LogP contribution in [-0.2, 0) is 14.8 Å². The van der Waals surface area contributed by atoms with E-state index in [9.17, 15) is 13.2 Å². The molecular weight excluding hydrogens is 266 g/mol. The molecule has 3 N–H and O–H groups in total.